The van der Waals surface area contributed by atoms with E-state index in [2.05, 4.69) is 4.98 Å². The molecule has 0 fully saturated rings. The van der Waals surface area contributed by atoms with E-state index >= 15 is 0 Å². The fourth-order valence-electron chi connectivity index (χ4n) is 2.29. The van der Waals surface area contributed by atoms with Gasteiger partial charge in [0.2, 0.25) is 0 Å². The van der Waals surface area contributed by atoms with Gasteiger partial charge in [-0.2, -0.15) is 0 Å². The van der Waals surface area contributed by atoms with Crippen molar-refractivity contribution in [1.29, 1.82) is 0 Å². The Labute approximate surface area is 118 Å². The van der Waals surface area contributed by atoms with Gasteiger partial charge in [-0.05, 0) is 24.3 Å². The van der Waals surface area contributed by atoms with E-state index in [4.69, 9.17) is 5.73 Å². The Morgan fingerprint density at radius 2 is 1.67 bits per heavy atom. The largest absolute Gasteiger partial charge is 0.329 e. The van der Waals surface area contributed by atoms with Crippen LogP contribution >= 0.6 is 0 Å². The number of nitrogens with two attached hydrogens (primary N) is 1. The Morgan fingerprint density at radius 3 is 2.33 bits per heavy atom. The average molecular weight is 291 g/mol. The summed E-state index contributed by atoms with van der Waals surface area (Å²) in [4.78, 5) is 4.31. The molecule has 0 aliphatic heterocycles. The number of hydrogen-bond donors (Lipinski definition) is 1. The van der Waals surface area contributed by atoms with Gasteiger partial charge in [0.25, 0.3) is 0 Å². The first-order valence-corrected chi connectivity index (χ1v) is 6.41. The second kappa shape index (κ2) is 5.21. The Hall–Kier alpha value is -2.34. The number of hydrogen-bond acceptors (Lipinski definition) is 2. The van der Waals surface area contributed by atoms with Crippen LogP contribution in [0.15, 0.2) is 36.4 Å². The summed E-state index contributed by atoms with van der Waals surface area (Å²) in [6, 6.07) is 7.89. The van der Waals surface area contributed by atoms with E-state index in [-0.39, 0.29) is 5.82 Å². The summed E-state index contributed by atoms with van der Waals surface area (Å²) >= 11 is 0. The van der Waals surface area contributed by atoms with Crippen molar-refractivity contribution < 1.29 is 13.2 Å². The minimum absolute atomic E-state index is 0.318. The lowest BCUT2D eigenvalue weighted by atomic mass is 10.2. The lowest BCUT2D eigenvalue weighted by Gasteiger charge is -2.07. The maximum absolute atomic E-state index is 13.4. The van der Waals surface area contributed by atoms with Crippen LogP contribution in [0, 0.1) is 17.5 Å². The number of halogens is 3. The van der Waals surface area contributed by atoms with Crippen molar-refractivity contribution in [3.63, 3.8) is 0 Å². The summed E-state index contributed by atoms with van der Waals surface area (Å²) in [5, 5.41) is 0. The molecule has 0 atom stereocenters. The summed E-state index contributed by atoms with van der Waals surface area (Å²) in [7, 11) is 0. The number of fused-ring (bicyclic) bond motifs is 1. The molecule has 0 saturated heterocycles. The summed E-state index contributed by atoms with van der Waals surface area (Å²) in [6.45, 7) is 0.715. The van der Waals surface area contributed by atoms with Gasteiger partial charge in [-0.15, -0.1) is 0 Å². The fourth-order valence-corrected chi connectivity index (χ4v) is 2.29. The topological polar surface area (TPSA) is 43.8 Å². The van der Waals surface area contributed by atoms with Gasteiger partial charge in [0.1, 0.15) is 11.6 Å². The number of benzene rings is 2. The predicted molar refractivity (Wildman–Crippen MR) is 74.1 cm³/mol. The third-order valence-corrected chi connectivity index (χ3v) is 3.25. The van der Waals surface area contributed by atoms with E-state index in [0.29, 0.717) is 35.5 Å². The van der Waals surface area contributed by atoms with Gasteiger partial charge in [-0.1, -0.05) is 0 Å². The normalized spacial score (nSPS) is 11.2. The molecule has 108 valence electrons. The van der Waals surface area contributed by atoms with E-state index in [1.165, 1.54) is 12.1 Å². The smallest absolute Gasteiger partial charge is 0.161 e. The first-order chi connectivity index (χ1) is 10.1. The number of nitrogens with zero attached hydrogens (tertiary/aromatic N) is 2. The van der Waals surface area contributed by atoms with E-state index < -0.39 is 11.6 Å². The van der Waals surface area contributed by atoms with E-state index in [1.807, 2.05) is 0 Å². The van der Waals surface area contributed by atoms with Crippen molar-refractivity contribution >= 4 is 11.0 Å². The first-order valence-electron chi connectivity index (χ1n) is 6.41. The zero-order chi connectivity index (χ0) is 15.0. The minimum Gasteiger partial charge on any atom is -0.329 e. The second-order valence-corrected chi connectivity index (χ2v) is 4.64. The monoisotopic (exact) mass is 291 g/mol. The summed E-state index contributed by atoms with van der Waals surface area (Å²) in [6.07, 6.45) is 0. The fraction of sp³-hybridized carbons (Fsp3) is 0.133. The Kier molecular flexibility index (Phi) is 3.39. The van der Waals surface area contributed by atoms with Crippen LogP contribution in [0.25, 0.3) is 22.4 Å². The molecule has 21 heavy (non-hydrogen) atoms. The maximum Gasteiger partial charge on any atom is 0.161 e. The van der Waals surface area contributed by atoms with Crippen LogP contribution in [0.4, 0.5) is 13.2 Å². The summed E-state index contributed by atoms with van der Waals surface area (Å²) < 4.78 is 41.5. The van der Waals surface area contributed by atoms with E-state index in [0.717, 1.165) is 12.1 Å². The quantitative estimate of drug-likeness (QED) is 0.806. The van der Waals surface area contributed by atoms with Crippen molar-refractivity contribution in [2.24, 2.45) is 5.73 Å². The molecule has 3 aromatic rings. The standard InChI is InChI=1S/C15H12F3N3/c16-10-3-1-9(2-4-10)15-20-13-7-11(17)12(18)8-14(13)21(15)6-5-19/h1-4,7-8H,5-6,19H2. The van der Waals surface area contributed by atoms with Gasteiger partial charge < -0.3 is 10.3 Å². The highest BCUT2D eigenvalue weighted by Gasteiger charge is 2.15. The SMILES string of the molecule is NCCn1c(-c2ccc(F)cc2)nc2cc(F)c(F)cc21. The van der Waals surface area contributed by atoms with Gasteiger partial charge in [0.05, 0.1) is 11.0 Å². The van der Waals surface area contributed by atoms with Crippen LogP contribution in [0.1, 0.15) is 0 Å². The number of rotatable bonds is 3. The molecule has 0 aliphatic rings. The molecule has 0 unspecified atom stereocenters. The molecule has 0 spiro atoms. The molecule has 0 bridgehead atoms. The van der Waals surface area contributed by atoms with Gasteiger partial charge in [-0.25, -0.2) is 18.2 Å². The minimum atomic E-state index is -0.953. The van der Waals surface area contributed by atoms with Crippen LogP contribution < -0.4 is 5.73 Å². The molecular formula is C15H12F3N3. The molecule has 0 aliphatic carbocycles. The van der Waals surface area contributed by atoms with Crippen molar-refractivity contribution in [1.82, 2.24) is 9.55 Å². The molecule has 3 rings (SSSR count). The molecule has 1 heterocycles. The maximum atomic E-state index is 13.4. The van der Waals surface area contributed by atoms with Crippen LogP contribution in [-0.4, -0.2) is 16.1 Å². The van der Waals surface area contributed by atoms with Crippen molar-refractivity contribution in [2.75, 3.05) is 6.54 Å². The summed E-state index contributed by atoms with van der Waals surface area (Å²) in [5.74, 6) is -1.75. The first kappa shape index (κ1) is 13.6. The second-order valence-electron chi connectivity index (χ2n) is 4.64. The van der Waals surface area contributed by atoms with Crippen LogP contribution in [-0.2, 0) is 6.54 Å². The molecule has 2 aromatic carbocycles. The van der Waals surface area contributed by atoms with E-state index in [1.54, 1.807) is 16.7 Å². The zero-order valence-corrected chi connectivity index (χ0v) is 11.0. The predicted octanol–water partition coefficient (Wildman–Crippen LogP) is 3.08. The number of imidazole rings is 1. The van der Waals surface area contributed by atoms with Gasteiger partial charge in [0.15, 0.2) is 11.6 Å². The molecule has 0 amide bonds. The molecule has 2 N–H and O–H groups in total. The lowest BCUT2D eigenvalue weighted by Crippen LogP contribution is -2.11. The molecule has 0 saturated carbocycles. The average Bonchev–Trinajstić information content (AvgIpc) is 2.79. The Morgan fingerprint density at radius 1 is 1.00 bits per heavy atom. The Bertz CT molecular complexity index is 794. The van der Waals surface area contributed by atoms with Gasteiger partial charge in [-0.3, -0.25) is 0 Å². The van der Waals surface area contributed by atoms with Crippen LogP contribution in [0.3, 0.4) is 0 Å². The Balaban J connectivity index is 2.25. The molecule has 0 radical (unpaired) electrons. The summed E-state index contributed by atoms with van der Waals surface area (Å²) in [5.41, 5.74) is 7.02. The number of aromatic nitrogens is 2. The third kappa shape index (κ3) is 2.38. The molecule has 3 nitrogen and oxygen atoms in total. The van der Waals surface area contributed by atoms with Crippen LogP contribution in [0.2, 0.25) is 0 Å². The third-order valence-electron chi connectivity index (χ3n) is 3.25. The van der Waals surface area contributed by atoms with E-state index in [9.17, 15) is 13.2 Å². The lowest BCUT2D eigenvalue weighted by molar-refractivity contribution is 0.510. The highest BCUT2D eigenvalue weighted by atomic mass is 19.2. The van der Waals surface area contributed by atoms with Crippen molar-refractivity contribution in [3.05, 3.63) is 53.8 Å². The molecule has 1 aromatic heterocycles. The highest BCUT2D eigenvalue weighted by molar-refractivity contribution is 5.80. The van der Waals surface area contributed by atoms with Crippen molar-refractivity contribution in [2.45, 2.75) is 6.54 Å². The van der Waals surface area contributed by atoms with Gasteiger partial charge >= 0.3 is 0 Å². The highest BCUT2D eigenvalue weighted by Crippen LogP contribution is 2.26. The molecule has 6 heteroatoms. The van der Waals surface area contributed by atoms with Crippen molar-refractivity contribution in [3.8, 4) is 11.4 Å². The molecular weight excluding hydrogens is 279 g/mol. The van der Waals surface area contributed by atoms with Crippen LogP contribution in [0.5, 0.6) is 0 Å². The zero-order valence-electron chi connectivity index (χ0n) is 11.0. The van der Waals surface area contributed by atoms with Gasteiger partial charge in [0, 0.05) is 30.8 Å².